The number of rotatable bonds is 8. The van der Waals surface area contributed by atoms with Gasteiger partial charge in [-0.2, -0.15) is 5.10 Å². The van der Waals surface area contributed by atoms with Gasteiger partial charge in [-0.3, -0.25) is 4.68 Å². The lowest BCUT2D eigenvalue weighted by Gasteiger charge is -2.43. The fourth-order valence-electron chi connectivity index (χ4n) is 5.00. The number of nitrogen functional groups attached to an aromatic ring is 1. The average molecular weight is 499 g/mol. The van der Waals surface area contributed by atoms with Crippen molar-refractivity contribution < 1.29 is 4.43 Å². The largest absolute Gasteiger partial charge is 0.405 e. The molecule has 2 aromatic carbocycles. The Balaban J connectivity index is 1.55. The summed E-state index contributed by atoms with van der Waals surface area (Å²) < 4.78 is 9.10. The minimum Gasteiger partial charge on any atom is -0.405 e. The Kier molecular flexibility index (Phi) is 6.64. The second-order valence-electron chi connectivity index (χ2n) is 10.4. The summed E-state index contributed by atoms with van der Waals surface area (Å²) >= 11 is 0. The Hall–Kier alpha value is -3.49. The number of hydrogen-bond donors (Lipinski definition) is 1. The minimum absolute atomic E-state index is 0.124. The predicted octanol–water partition coefficient (Wildman–Crippen LogP) is 3.63. The van der Waals surface area contributed by atoms with Crippen LogP contribution in [0.3, 0.4) is 0 Å². The van der Waals surface area contributed by atoms with Gasteiger partial charge in [-0.25, -0.2) is 9.97 Å². The maximum absolute atomic E-state index is 7.23. The zero-order valence-corrected chi connectivity index (χ0v) is 22.2. The van der Waals surface area contributed by atoms with Crippen molar-refractivity contribution >= 4 is 30.3 Å². The zero-order valence-electron chi connectivity index (χ0n) is 21.2. The normalized spacial score (nSPS) is 14.9. The van der Waals surface area contributed by atoms with Gasteiger partial charge in [0.1, 0.15) is 6.04 Å². The first-order valence-corrected chi connectivity index (χ1v) is 14.4. The molecule has 1 aliphatic heterocycles. The van der Waals surface area contributed by atoms with Crippen molar-refractivity contribution in [3.63, 3.8) is 0 Å². The van der Waals surface area contributed by atoms with E-state index in [1.54, 1.807) is 6.20 Å². The van der Waals surface area contributed by atoms with Crippen LogP contribution in [0.25, 0.3) is 0 Å². The molecular weight excluding hydrogens is 464 g/mol. The summed E-state index contributed by atoms with van der Waals surface area (Å²) in [5.41, 5.74) is 7.62. The number of nitrogens with two attached hydrogens (primary N) is 1. The second kappa shape index (κ2) is 9.87. The third-order valence-electron chi connectivity index (χ3n) is 7.00. The zero-order chi connectivity index (χ0) is 25.2. The number of nitrogens with zero attached hydrogens (tertiary/aromatic N) is 5. The van der Waals surface area contributed by atoms with Gasteiger partial charge in [-0.15, -0.1) is 0 Å². The molecule has 186 valence electrons. The van der Waals surface area contributed by atoms with Crippen LogP contribution in [0.2, 0.25) is 5.04 Å². The van der Waals surface area contributed by atoms with E-state index in [1.807, 2.05) is 23.3 Å². The molecule has 2 aromatic heterocycles. The maximum Gasteiger partial charge on any atom is 0.261 e. The summed E-state index contributed by atoms with van der Waals surface area (Å²) in [4.78, 5) is 11.5. The molecule has 1 saturated heterocycles. The van der Waals surface area contributed by atoms with Gasteiger partial charge in [-0.05, 0) is 21.8 Å². The standard InChI is InChI=1S/C28H34N6OSi/c1-28(2,3)36(24-11-6-4-7-12-24,25-13-8-5-9-14-25)35-21-26(34-20-23(29)19-32-34)22-17-30-27(31-18-22)33-15-10-16-33/h4-9,11-14,17-20,26H,10,15-16,21,29H2,1-3H3. The van der Waals surface area contributed by atoms with Crippen LogP contribution in [0.15, 0.2) is 85.5 Å². The fourth-order valence-corrected chi connectivity index (χ4v) is 9.56. The van der Waals surface area contributed by atoms with E-state index >= 15 is 0 Å². The van der Waals surface area contributed by atoms with Gasteiger partial charge in [0.2, 0.25) is 5.95 Å². The number of aromatic nitrogens is 4. The Labute approximate surface area is 214 Å². The fraction of sp³-hybridized carbons (Fsp3) is 0.321. The molecule has 0 saturated carbocycles. The van der Waals surface area contributed by atoms with Crippen molar-refractivity contribution in [3.8, 4) is 0 Å². The Morgan fingerprint density at radius 1 is 0.917 bits per heavy atom. The van der Waals surface area contributed by atoms with Crippen LogP contribution in [0, 0.1) is 0 Å². The number of hydrogen-bond acceptors (Lipinski definition) is 6. The highest BCUT2D eigenvalue weighted by molar-refractivity contribution is 6.99. The summed E-state index contributed by atoms with van der Waals surface area (Å²) in [7, 11) is -2.72. The molecule has 0 amide bonds. The molecule has 1 unspecified atom stereocenters. The van der Waals surface area contributed by atoms with E-state index in [0.717, 1.165) is 24.6 Å². The highest BCUT2D eigenvalue weighted by atomic mass is 28.4. The highest BCUT2D eigenvalue weighted by Gasteiger charge is 2.50. The van der Waals surface area contributed by atoms with Gasteiger partial charge in [0.25, 0.3) is 8.32 Å². The van der Waals surface area contributed by atoms with Gasteiger partial charge in [0, 0.05) is 37.2 Å². The molecule has 4 aromatic rings. The molecule has 5 rings (SSSR count). The molecule has 0 radical (unpaired) electrons. The van der Waals surface area contributed by atoms with Crippen LogP contribution in [-0.2, 0) is 4.43 Å². The summed E-state index contributed by atoms with van der Waals surface area (Å²) in [6.07, 6.45) is 8.51. The van der Waals surface area contributed by atoms with Crippen molar-refractivity contribution in [1.29, 1.82) is 0 Å². The molecule has 0 aliphatic carbocycles. The lowest BCUT2D eigenvalue weighted by molar-refractivity contribution is 0.247. The SMILES string of the molecule is CC(C)(C)[Si](OCC(c1cnc(N2CCC2)nc1)n1cc(N)cn1)(c1ccccc1)c1ccccc1. The molecule has 0 bridgehead atoms. The maximum atomic E-state index is 7.23. The first-order chi connectivity index (χ1) is 17.4. The van der Waals surface area contributed by atoms with E-state index in [9.17, 15) is 0 Å². The average Bonchev–Trinajstić information content (AvgIpc) is 3.28. The van der Waals surface area contributed by atoms with Crippen molar-refractivity contribution in [2.45, 2.75) is 38.3 Å². The van der Waals surface area contributed by atoms with Crippen LogP contribution in [0.4, 0.5) is 11.6 Å². The Bertz CT molecular complexity index is 1230. The molecule has 8 heteroatoms. The third kappa shape index (κ3) is 4.54. The Morgan fingerprint density at radius 3 is 1.94 bits per heavy atom. The van der Waals surface area contributed by atoms with Crippen LogP contribution in [0.1, 0.15) is 38.8 Å². The number of anilines is 2. The van der Waals surface area contributed by atoms with Gasteiger partial charge in [0.15, 0.2) is 0 Å². The van der Waals surface area contributed by atoms with Crippen molar-refractivity contribution in [3.05, 3.63) is 91.0 Å². The molecule has 1 atom stereocenters. The van der Waals surface area contributed by atoms with E-state index in [1.165, 1.54) is 16.8 Å². The quantitative estimate of drug-likeness (QED) is 0.374. The van der Waals surface area contributed by atoms with E-state index in [-0.39, 0.29) is 11.1 Å². The van der Waals surface area contributed by atoms with E-state index < -0.39 is 8.32 Å². The lowest BCUT2D eigenvalue weighted by atomic mass is 10.1. The first kappa shape index (κ1) is 24.2. The van der Waals surface area contributed by atoms with Gasteiger partial charge < -0.3 is 15.1 Å². The van der Waals surface area contributed by atoms with Crippen LogP contribution in [-0.4, -0.2) is 47.8 Å². The molecule has 3 heterocycles. The van der Waals surface area contributed by atoms with Gasteiger partial charge in [-0.1, -0.05) is 81.4 Å². The first-order valence-electron chi connectivity index (χ1n) is 12.5. The highest BCUT2D eigenvalue weighted by Crippen LogP contribution is 2.37. The summed E-state index contributed by atoms with van der Waals surface area (Å²) in [6, 6.07) is 21.1. The summed E-state index contributed by atoms with van der Waals surface area (Å²) in [5.74, 6) is 0.775. The molecule has 1 fully saturated rings. The van der Waals surface area contributed by atoms with Gasteiger partial charge in [0.05, 0.1) is 18.5 Å². The van der Waals surface area contributed by atoms with Gasteiger partial charge >= 0.3 is 0 Å². The van der Waals surface area contributed by atoms with Crippen molar-refractivity contribution in [2.24, 2.45) is 0 Å². The Morgan fingerprint density at radius 2 is 1.50 bits per heavy atom. The van der Waals surface area contributed by atoms with Crippen molar-refractivity contribution in [1.82, 2.24) is 19.7 Å². The van der Waals surface area contributed by atoms with E-state index in [0.29, 0.717) is 12.3 Å². The van der Waals surface area contributed by atoms with E-state index in [2.05, 4.69) is 101 Å². The van der Waals surface area contributed by atoms with Crippen molar-refractivity contribution in [2.75, 3.05) is 30.3 Å². The summed E-state index contributed by atoms with van der Waals surface area (Å²) in [6.45, 7) is 9.28. The molecule has 0 spiro atoms. The number of benzene rings is 2. The molecular formula is C28H34N6OSi. The van der Waals surface area contributed by atoms with E-state index in [4.69, 9.17) is 10.2 Å². The van der Waals surface area contributed by atoms with Crippen LogP contribution >= 0.6 is 0 Å². The molecule has 2 N–H and O–H groups in total. The monoisotopic (exact) mass is 498 g/mol. The minimum atomic E-state index is -2.72. The molecule has 36 heavy (non-hydrogen) atoms. The van der Waals surface area contributed by atoms with Crippen LogP contribution in [0.5, 0.6) is 0 Å². The lowest BCUT2D eigenvalue weighted by Crippen LogP contribution is -2.67. The molecule has 1 aliphatic rings. The van der Waals surface area contributed by atoms with Crippen LogP contribution < -0.4 is 21.0 Å². The third-order valence-corrected chi connectivity index (χ3v) is 12.0. The second-order valence-corrected chi connectivity index (χ2v) is 14.7. The summed E-state index contributed by atoms with van der Waals surface area (Å²) in [5, 5.41) is 6.91. The molecule has 7 nitrogen and oxygen atoms in total. The topological polar surface area (TPSA) is 82.1 Å². The predicted molar refractivity (Wildman–Crippen MR) is 147 cm³/mol. The smallest absolute Gasteiger partial charge is 0.261 e.